The number of hydrogen-bond acceptors (Lipinski definition) is 24. The molecule has 6 fully saturated rings. The topological polar surface area (TPSA) is 255 Å². The maximum absolute atomic E-state index is 11.8. The zero-order valence-electron chi connectivity index (χ0n) is 57.8. The van der Waals surface area contributed by atoms with Gasteiger partial charge in [-0.25, -0.2) is 0 Å². The van der Waals surface area contributed by atoms with Crippen molar-refractivity contribution < 1.29 is 31.2 Å². The van der Waals surface area contributed by atoms with Crippen molar-refractivity contribution in [2.45, 2.75) is 346 Å². The predicted octanol–water partition coefficient (Wildman–Crippen LogP) is 10.4. The summed E-state index contributed by atoms with van der Waals surface area (Å²) in [5.41, 5.74) is -7.36. The molecule has 6 aliphatic heterocycles. The summed E-state index contributed by atoms with van der Waals surface area (Å²) in [6.45, 7) is 49.6. The first kappa shape index (κ1) is 68.3. The summed E-state index contributed by atoms with van der Waals surface area (Å²) in [5, 5.41) is 90.3. The molecule has 8 heterocycles. The summed E-state index contributed by atoms with van der Waals surface area (Å²) in [5.74, 6) is 2.25. The molecule has 0 bridgehead atoms. The number of hydroxylamine groups is 12. The molecule has 0 amide bonds. The summed E-state index contributed by atoms with van der Waals surface area (Å²) in [4.78, 5) is 37.3. The van der Waals surface area contributed by atoms with Crippen LogP contribution in [-0.4, -0.2) is 208 Å². The van der Waals surface area contributed by atoms with Crippen LogP contribution in [0.25, 0.3) is 0 Å². The maximum atomic E-state index is 11.8. The highest BCUT2D eigenvalue weighted by Crippen LogP contribution is 2.49. The maximum Gasteiger partial charge on any atom is 0.251 e. The number of anilines is 6. The Morgan fingerprint density at radius 1 is 0.279 bits per heavy atom. The lowest BCUT2D eigenvalue weighted by molar-refractivity contribution is -0.251. The molecule has 24 nitrogen and oxygen atoms in total. The van der Waals surface area contributed by atoms with Crippen LogP contribution in [0.1, 0.15) is 243 Å². The predicted molar refractivity (Wildman–Crippen MR) is 337 cm³/mol. The fraction of sp³-hybridized carbons (Fsp3) is 0.903. The molecule has 490 valence electrons. The molecule has 8 rings (SSSR count). The summed E-state index contributed by atoms with van der Waals surface area (Å²) in [6.07, 6.45) is 7.11. The van der Waals surface area contributed by atoms with Gasteiger partial charge in [-0.05, 0) is 243 Å². The number of rotatable bonds is 13. The smallest absolute Gasteiger partial charge is 0.251 e. The third-order valence-electron chi connectivity index (χ3n) is 20.7. The van der Waals surface area contributed by atoms with E-state index in [0.29, 0.717) is 113 Å². The summed E-state index contributed by atoms with van der Waals surface area (Å²) in [7, 11) is 3.80. The van der Waals surface area contributed by atoms with Gasteiger partial charge in [0.2, 0.25) is 23.8 Å². The van der Waals surface area contributed by atoms with Crippen molar-refractivity contribution in [3.8, 4) is 0 Å². The van der Waals surface area contributed by atoms with Gasteiger partial charge in [-0.1, -0.05) is 0 Å². The van der Waals surface area contributed by atoms with Crippen LogP contribution in [0.3, 0.4) is 0 Å². The molecule has 2 aromatic rings. The van der Waals surface area contributed by atoms with Crippen molar-refractivity contribution >= 4 is 35.7 Å². The molecule has 0 atom stereocenters. The second kappa shape index (κ2) is 22.0. The van der Waals surface area contributed by atoms with Gasteiger partial charge in [-0.15, -0.1) is 0 Å². The van der Waals surface area contributed by atoms with Crippen LogP contribution >= 0.6 is 0 Å². The molecule has 0 saturated carbocycles. The molecule has 0 radical (unpaired) electrons. The van der Waals surface area contributed by atoms with Gasteiger partial charge in [0, 0.05) is 117 Å². The highest BCUT2D eigenvalue weighted by molar-refractivity contribution is 5.54. The van der Waals surface area contributed by atoms with Crippen molar-refractivity contribution in [2.75, 3.05) is 44.5 Å². The Kier molecular flexibility index (Phi) is 17.5. The SMILES string of the molecule is CN(c1nc(NC2CC(C)(C)N(O)C(C)(C)C2)nc(N(C2CC(C)(C)N(O)C(C)(C)C2)C2CC(C)(C)N(O)C(C)(C)C2)n1)N(C)c1nc(NC2CC(C)(C)N(O)C(C)(C)C2)nc(N(C2CC(C)(C)N(O)C(C)(C)C2)C2CC(C)(C)N(O)C(C)(C)C2)n1. The van der Waals surface area contributed by atoms with Crippen molar-refractivity contribution in [1.82, 2.24) is 60.3 Å². The fourth-order valence-corrected chi connectivity index (χ4v) is 17.6. The molecule has 2 aromatic heterocycles. The van der Waals surface area contributed by atoms with Gasteiger partial charge in [0.15, 0.2) is 0 Å². The largest absolute Gasteiger partial charge is 0.351 e. The minimum atomic E-state index is -0.630. The standard InChI is InChI=1S/C62H116N18O6/c1-51(2)27-39(28-52(3,4)75(51)81)63-45-65-47(69-49(67-45)73(41-31-55(9,10)77(83)56(11,12)32-41)42-33-57(13,14)78(84)58(15,16)34-42)71(25)72(26)48-66-46(64-40-29-53(5,6)76(82)54(7,8)30-40)68-50(70-48)74(43-35-59(17,18)79(85)60(19,20)36-43)44-37-61(21,22)80(86)62(23,24)38-44/h39-44,81-86H,27-38H2,1-26H3,(H,63,65,67,69)(H,64,66,68,70). The van der Waals surface area contributed by atoms with Crippen LogP contribution in [0.4, 0.5) is 35.7 Å². The number of hydrogen-bond donors (Lipinski definition) is 8. The normalized spacial score (nSPS) is 28.2. The Hall–Kier alpha value is -3.66. The molecule has 6 aliphatic rings. The summed E-state index contributed by atoms with van der Waals surface area (Å²) < 4.78 is 0. The van der Waals surface area contributed by atoms with E-state index in [-0.39, 0.29) is 36.3 Å². The van der Waals surface area contributed by atoms with E-state index in [9.17, 15) is 31.2 Å². The van der Waals surface area contributed by atoms with Crippen LogP contribution in [0.15, 0.2) is 0 Å². The minimum Gasteiger partial charge on any atom is -0.351 e. The van der Waals surface area contributed by atoms with Gasteiger partial charge in [0.05, 0.1) is 0 Å². The van der Waals surface area contributed by atoms with Gasteiger partial charge in [0.25, 0.3) is 11.9 Å². The van der Waals surface area contributed by atoms with E-state index >= 15 is 0 Å². The average molecular weight is 1210 g/mol. The quantitative estimate of drug-likeness (QED) is 0.0868. The summed E-state index contributed by atoms with van der Waals surface area (Å²) in [6, 6.07) is -0.938. The first-order valence-corrected chi connectivity index (χ1v) is 31.8. The minimum absolute atomic E-state index is 0.146. The van der Waals surface area contributed by atoms with Gasteiger partial charge in [-0.2, -0.15) is 60.3 Å². The number of nitrogens with zero attached hydrogens (tertiary/aromatic N) is 16. The Morgan fingerprint density at radius 3 is 0.628 bits per heavy atom. The molecule has 0 spiro atoms. The highest BCUT2D eigenvalue weighted by Gasteiger charge is 2.56. The van der Waals surface area contributed by atoms with Crippen molar-refractivity contribution in [1.29, 1.82) is 0 Å². The number of aromatic nitrogens is 6. The van der Waals surface area contributed by atoms with Crippen LogP contribution in [0, 0.1) is 0 Å². The van der Waals surface area contributed by atoms with Gasteiger partial charge in [0.1, 0.15) is 0 Å². The molecule has 0 unspecified atom stereocenters. The zero-order valence-corrected chi connectivity index (χ0v) is 57.8. The van der Waals surface area contributed by atoms with Gasteiger partial charge >= 0.3 is 0 Å². The molecule has 86 heavy (non-hydrogen) atoms. The Bertz CT molecular complexity index is 2390. The van der Waals surface area contributed by atoms with E-state index < -0.39 is 66.5 Å². The van der Waals surface area contributed by atoms with Gasteiger partial charge in [-0.3, -0.25) is 10.0 Å². The molecule has 6 saturated heterocycles. The van der Waals surface area contributed by atoms with Crippen LogP contribution < -0.4 is 30.5 Å². The van der Waals surface area contributed by atoms with E-state index in [1.165, 1.54) is 30.4 Å². The van der Waals surface area contributed by atoms with Crippen molar-refractivity contribution in [3.05, 3.63) is 0 Å². The molecule has 0 aliphatic carbocycles. The second-order valence-electron chi connectivity index (χ2n) is 34.7. The molecule has 0 aromatic carbocycles. The molecular weight excluding hydrogens is 1090 g/mol. The number of hydrazine groups is 1. The molecule has 24 heteroatoms. The van der Waals surface area contributed by atoms with E-state index in [1.807, 2.05) is 79.5 Å². The number of piperidine rings is 6. The Balaban J connectivity index is 1.33. The monoisotopic (exact) mass is 1210 g/mol. The lowest BCUT2D eigenvalue weighted by Gasteiger charge is -2.58. The van der Waals surface area contributed by atoms with E-state index in [1.54, 1.807) is 0 Å². The van der Waals surface area contributed by atoms with Crippen molar-refractivity contribution in [2.24, 2.45) is 0 Å². The van der Waals surface area contributed by atoms with Crippen LogP contribution in [0.5, 0.6) is 0 Å². The lowest BCUT2D eigenvalue weighted by atomic mass is 9.74. The highest BCUT2D eigenvalue weighted by atomic mass is 16.5. The summed E-state index contributed by atoms with van der Waals surface area (Å²) >= 11 is 0. The van der Waals surface area contributed by atoms with E-state index in [0.717, 1.165) is 0 Å². The van der Waals surface area contributed by atoms with Crippen LogP contribution in [0.2, 0.25) is 0 Å². The third-order valence-corrected chi connectivity index (χ3v) is 20.7. The Morgan fingerprint density at radius 2 is 0.442 bits per heavy atom. The third kappa shape index (κ3) is 13.1. The second-order valence-corrected chi connectivity index (χ2v) is 34.7. The first-order chi connectivity index (χ1) is 38.8. The van der Waals surface area contributed by atoms with E-state index in [2.05, 4.69) is 131 Å². The van der Waals surface area contributed by atoms with Crippen LogP contribution in [-0.2, 0) is 0 Å². The van der Waals surface area contributed by atoms with Crippen molar-refractivity contribution in [3.63, 3.8) is 0 Å². The fourth-order valence-electron chi connectivity index (χ4n) is 17.6. The lowest BCUT2D eigenvalue weighted by Crippen LogP contribution is -2.68. The first-order valence-electron chi connectivity index (χ1n) is 31.8. The molecule has 8 N–H and O–H groups in total. The Labute approximate surface area is 515 Å². The zero-order chi connectivity index (χ0) is 64.8. The van der Waals surface area contributed by atoms with Gasteiger partial charge < -0.3 is 51.7 Å². The average Bonchev–Trinajstić information content (AvgIpc) is 0.997. The number of nitrogens with one attached hydrogen (secondary N) is 2. The van der Waals surface area contributed by atoms with E-state index in [4.69, 9.17) is 29.9 Å². The molecular formula is C62H116N18O6.